The number of hydrogen-bond acceptors (Lipinski definition) is 3. The standard InChI is InChI=1S/C13H16FN3O3/c14-9-2-3-10(12(18)19)11(8-9)16-13(20)17-6-1-4-15-5-7-17/h2-3,8,15H,1,4-7H2,(H,16,20)(H,18,19). The first-order valence-electron chi connectivity index (χ1n) is 6.37. The highest BCUT2D eigenvalue weighted by molar-refractivity contribution is 6.00. The average Bonchev–Trinajstić information content (AvgIpc) is 2.67. The largest absolute Gasteiger partial charge is 0.478 e. The van der Waals surface area contributed by atoms with Gasteiger partial charge in [-0.15, -0.1) is 0 Å². The van der Waals surface area contributed by atoms with E-state index in [4.69, 9.17) is 5.11 Å². The molecule has 1 heterocycles. The molecule has 1 aliphatic heterocycles. The van der Waals surface area contributed by atoms with E-state index in [1.165, 1.54) is 0 Å². The summed E-state index contributed by atoms with van der Waals surface area (Å²) in [6, 6.07) is 2.78. The number of halogens is 1. The number of carboxylic acids is 1. The van der Waals surface area contributed by atoms with Crippen LogP contribution in [0.2, 0.25) is 0 Å². The van der Waals surface area contributed by atoms with Crippen LogP contribution in [0.25, 0.3) is 0 Å². The van der Waals surface area contributed by atoms with Gasteiger partial charge in [-0.2, -0.15) is 0 Å². The molecule has 0 bridgehead atoms. The molecule has 1 aliphatic rings. The number of carbonyl (C=O) groups excluding carboxylic acids is 1. The first-order chi connectivity index (χ1) is 9.58. The maximum absolute atomic E-state index is 13.2. The highest BCUT2D eigenvalue weighted by Crippen LogP contribution is 2.18. The van der Waals surface area contributed by atoms with Gasteiger partial charge in [-0.3, -0.25) is 0 Å². The number of nitrogens with one attached hydrogen (secondary N) is 2. The lowest BCUT2D eigenvalue weighted by Crippen LogP contribution is -2.37. The summed E-state index contributed by atoms with van der Waals surface area (Å²) in [6.07, 6.45) is 0.822. The van der Waals surface area contributed by atoms with E-state index in [0.717, 1.165) is 31.2 Å². The number of carbonyl (C=O) groups is 2. The van der Waals surface area contributed by atoms with Gasteiger partial charge in [0.1, 0.15) is 5.82 Å². The Labute approximate surface area is 115 Å². The van der Waals surface area contributed by atoms with Gasteiger partial charge < -0.3 is 20.6 Å². The number of aromatic carboxylic acids is 1. The number of urea groups is 1. The van der Waals surface area contributed by atoms with Crippen LogP contribution in [0.5, 0.6) is 0 Å². The van der Waals surface area contributed by atoms with Crippen molar-refractivity contribution in [3.8, 4) is 0 Å². The molecule has 1 saturated heterocycles. The van der Waals surface area contributed by atoms with Gasteiger partial charge in [0.2, 0.25) is 0 Å². The van der Waals surface area contributed by atoms with E-state index in [9.17, 15) is 14.0 Å². The Morgan fingerprint density at radius 1 is 1.30 bits per heavy atom. The van der Waals surface area contributed by atoms with Gasteiger partial charge in [0.05, 0.1) is 11.3 Å². The Balaban J connectivity index is 2.14. The molecule has 2 rings (SSSR count). The highest BCUT2D eigenvalue weighted by Gasteiger charge is 2.18. The van der Waals surface area contributed by atoms with Gasteiger partial charge in [0.15, 0.2) is 0 Å². The predicted octanol–water partition coefficient (Wildman–Crippen LogP) is 1.35. The summed E-state index contributed by atoms with van der Waals surface area (Å²) < 4.78 is 13.2. The van der Waals surface area contributed by atoms with Crippen LogP contribution in [-0.2, 0) is 0 Å². The minimum atomic E-state index is -1.21. The van der Waals surface area contributed by atoms with Crippen molar-refractivity contribution in [1.29, 1.82) is 0 Å². The predicted molar refractivity (Wildman–Crippen MR) is 71.4 cm³/mol. The third-order valence-corrected chi connectivity index (χ3v) is 3.08. The molecule has 1 aromatic rings. The molecule has 0 aliphatic carbocycles. The molecule has 0 radical (unpaired) electrons. The van der Waals surface area contributed by atoms with Crippen molar-refractivity contribution in [2.75, 3.05) is 31.5 Å². The molecule has 1 aromatic carbocycles. The van der Waals surface area contributed by atoms with E-state index in [-0.39, 0.29) is 11.3 Å². The molecule has 0 saturated carbocycles. The van der Waals surface area contributed by atoms with Crippen molar-refractivity contribution < 1.29 is 19.1 Å². The normalized spacial score (nSPS) is 15.6. The molecule has 1 fully saturated rings. The van der Waals surface area contributed by atoms with E-state index < -0.39 is 17.8 Å². The van der Waals surface area contributed by atoms with Crippen LogP contribution in [0, 0.1) is 5.82 Å². The fourth-order valence-electron chi connectivity index (χ4n) is 2.05. The minimum Gasteiger partial charge on any atom is -0.478 e. The number of amides is 2. The number of carboxylic acid groups (broad SMARTS) is 1. The van der Waals surface area contributed by atoms with Crippen LogP contribution in [0.15, 0.2) is 18.2 Å². The summed E-state index contributed by atoms with van der Waals surface area (Å²) in [6.45, 7) is 2.63. The summed E-state index contributed by atoms with van der Waals surface area (Å²) in [5.41, 5.74) is -0.160. The van der Waals surface area contributed by atoms with E-state index >= 15 is 0 Å². The zero-order valence-corrected chi connectivity index (χ0v) is 10.9. The van der Waals surface area contributed by atoms with Crippen LogP contribution in [0.3, 0.4) is 0 Å². The van der Waals surface area contributed by atoms with Crippen LogP contribution in [0.1, 0.15) is 16.8 Å². The lowest BCUT2D eigenvalue weighted by molar-refractivity contribution is 0.0698. The maximum Gasteiger partial charge on any atom is 0.337 e. The van der Waals surface area contributed by atoms with E-state index in [1.54, 1.807) is 4.90 Å². The van der Waals surface area contributed by atoms with Gasteiger partial charge in [0, 0.05) is 19.6 Å². The van der Waals surface area contributed by atoms with Crippen molar-refractivity contribution in [3.05, 3.63) is 29.6 Å². The number of nitrogens with zero attached hydrogens (tertiary/aromatic N) is 1. The Morgan fingerprint density at radius 3 is 2.85 bits per heavy atom. The molecular weight excluding hydrogens is 265 g/mol. The number of anilines is 1. The van der Waals surface area contributed by atoms with Crippen molar-refractivity contribution in [3.63, 3.8) is 0 Å². The topological polar surface area (TPSA) is 81.7 Å². The number of benzene rings is 1. The molecule has 20 heavy (non-hydrogen) atoms. The van der Waals surface area contributed by atoms with Gasteiger partial charge in [-0.1, -0.05) is 0 Å². The second-order valence-corrected chi connectivity index (χ2v) is 4.52. The fraction of sp³-hybridized carbons (Fsp3) is 0.385. The Bertz CT molecular complexity index is 514. The molecule has 0 atom stereocenters. The molecular formula is C13H16FN3O3. The van der Waals surface area contributed by atoms with E-state index in [2.05, 4.69) is 10.6 Å². The molecule has 0 aromatic heterocycles. The molecule has 108 valence electrons. The summed E-state index contributed by atoms with van der Waals surface area (Å²) in [5.74, 6) is -1.80. The van der Waals surface area contributed by atoms with Crippen LogP contribution in [-0.4, -0.2) is 48.2 Å². The third kappa shape index (κ3) is 3.45. The average molecular weight is 281 g/mol. The monoisotopic (exact) mass is 281 g/mol. The number of rotatable bonds is 2. The Morgan fingerprint density at radius 2 is 2.10 bits per heavy atom. The molecule has 7 heteroatoms. The van der Waals surface area contributed by atoms with Crippen molar-refractivity contribution in [1.82, 2.24) is 10.2 Å². The Kier molecular flexibility index (Phi) is 4.52. The zero-order chi connectivity index (χ0) is 14.5. The third-order valence-electron chi connectivity index (χ3n) is 3.08. The Hall–Kier alpha value is -2.15. The number of hydrogen-bond donors (Lipinski definition) is 3. The lowest BCUT2D eigenvalue weighted by Gasteiger charge is -2.21. The first kappa shape index (κ1) is 14.3. The van der Waals surface area contributed by atoms with Crippen molar-refractivity contribution in [2.45, 2.75) is 6.42 Å². The molecule has 3 N–H and O–H groups in total. The highest BCUT2D eigenvalue weighted by atomic mass is 19.1. The van der Waals surface area contributed by atoms with Crippen LogP contribution >= 0.6 is 0 Å². The van der Waals surface area contributed by atoms with Crippen LogP contribution in [0.4, 0.5) is 14.9 Å². The van der Waals surface area contributed by atoms with Gasteiger partial charge in [-0.25, -0.2) is 14.0 Å². The van der Waals surface area contributed by atoms with Crippen LogP contribution < -0.4 is 10.6 Å². The van der Waals surface area contributed by atoms with E-state index in [0.29, 0.717) is 19.6 Å². The minimum absolute atomic E-state index is 0.0280. The quantitative estimate of drug-likeness (QED) is 0.764. The fourth-order valence-corrected chi connectivity index (χ4v) is 2.05. The van der Waals surface area contributed by atoms with Gasteiger partial charge >= 0.3 is 12.0 Å². The molecule has 6 nitrogen and oxygen atoms in total. The zero-order valence-electron chi connectivity index (χ0n) is 10.9. The SMILES string of the molecule is O=C(O)c1ccc(F)cc1NC(=O)N1CCCNCC1. The van der Waals surface area contributed by atoms with Gasteiger partial charge in [-0.05, 0) is 31.2 Å². The second kappa shape index (κ2) is 6.33. The molecule has 0 unspecified atom stereocenters. The summed E-state index contributed by atoms with van der Waals surface area (Å²) >= 11 is 0. The van der Waals surface area contributed by atoms with Crippen molar-refractivity contribution >= 4 is 17.7 Å². The lowest BCUT2D eigenvalue weighted by atomic mass is 10.1. The molecule has 0 spiro atoms. The summed E-state index contributed by atoms with van der Waals surface area (Å²) in [4.78, 5) is 24.7. The smallest absolute Gasteiger partial charge is 0.337 e. The molecule has 2 amide bonds. The summed E-state index contributed by atoms with van der Waals surface area (Å²) in [7, 11) is 0. The van der Waals surface area contributed by atoms with Crippen molar-refractivity contribution in [2.24, 2.45) is 0 Å². The second-order valence-electron chi connectivity index (χ2n) is 4.52. The maximum atomic E-state index is 13.2. The van der Waals surface area contributed by atoms with Gasteiger partial charge in [0.25, 0.3) is 0 Å². The van der Waals surface area contributed by atoms with E-state index in [1.807, 2.05) is 0 Å². The summed E-state index contributed by atoms with van der Waals surface area (Å²) in [5, 5.41) is 14.7. The first-order valence-corrected chi connectivity index (χ1v) is 6.37.